The first-order valence-corrected chi connectivity index (χ1v) is 9.23. The van der Waals surface area contributed by atoms with Crippen molar-refractivity contribution in [2.45, 2.75) is 6.92 Å². The standard InChI is InChI=1S/C21H16BrN5/c1-14(15-8-10-17(22)11-9-15)26-27-21-18-6-2-3-7-19(18)24-20(25-21)16-5-4-12-23-13-16/h2-13H,1H3,(H,24,25,27). The Morgan fingerprint density at radius 3 is 2.56 bits per heavy atom. The molecule has 2 heterocycles. The maximum absolute atomic E-state index is 4.67. The van der Waals surface area contributed by atoms with E-state index in [4.69, 9.17) is 0 Å². The molecule has 6 heteroatoms. The smallest absolute Gasteiger partial charge is 0.163 e. The molecule has 0 saturated heterocycles. The van der Waals surface area contributed by atoms with Crippen molar-refractivity contribution in [3.8, 4) is 11.4 Å². The van der Waals surface area contributed by atoms with Crippen LogP contribution in [0.5, 0.6) is 0 Å². The molecule has 5 nitrogen and oxygen atoms in total. The second-order valence-corrected chi connectivity index (χ2v) is 6.89. The van der Waals surface area contributed by atoms with E-state index in [0.717, 1.165) is 32.2 Å². The van der Waals surface area contributed by atoms with Crippen LogP contribution < -0.4 is 5.43 Å². The SMILES string of the molecule is CC(=NNc1nc(-c2cccnc2)nc2ccccc12)c1ccc(Br)cc1. The molecule has 27 heavy (non-hydrogen) atoms. The summed E-state index contributed by atoms with van der Waals surface area (Å²) in [5.74, 6) is 1.27. The molecule has 0 fully saturated rings. The van der Waals surface area contributed by atoms with E-state index in [1.54, 1.807) is 12.4 Å². The molecule has 0 unspecified atom stereocenters. The minimum Gasteiger partial charge on any atom is -0.264 e. The lowest BCUT2D eigenvalue weighted by Crippen LogP contribution is -2.03. The maximum Gasteiger partial charge on any atom is 0.163 e. The zero-order valence-electron chi connectivity index (χ0n) is 14.6. The molecule has 0 amide bonds. The van der Waals surface area contributed by atoms with Gasteiger partial charge in [-0.1, -0.05) is 40.2 Å². The third kappa shape index (κ3) is 3.85. The van der Waals surface area contributed by atoms with Gasteiger partial charge in [-0.2, -0.15) is 5.10 Å². The van der Waals surface area contributed by atoms with Crippen molar-refractivity contribution in [2.24, 2.45) is 5.10 Å². The maximum atomic E-state index is 4.67. The molecule has 2 aromatic carbocycles. The fourth-order valence-corrected chi connectivity index (χ4v) is 2.94. The molecule has 2 aromatic heterocycles. The Morgan fingerprint density at radius 1 is 0.963 bits per heavy atom. The average molecular weight is 418 g/mol. The first-order valence-electron chi connectivity index (χ1n) is 8.44. The van der Waals surface area contributed by atoms with Crippen LogP contribution in [0.25, 0.3) is 22.3 Å². The molecule has 0 spiro atoms. The van der Waals surface area contributed by atoms with Crippen LogP contribution in [0.1, 0.15) is 12.5 Å². The van der Waals surface area contributed by atoms with Crippen LogP contribution in [-0.2, 0) is 0 Å². The molecule has 0 atom stereocenters. The topological polar surface area (TPSA) is 63.1 Å². The molecule has 1 N–H and O–H groups in total. The summed E-state index contributed by atoms with van der Waals surface area (Å²) in [4.78, 5) is 13.5. The third-order valence-electron chi connectivity index (χ3n) is 4.11. The highest BCUT2D eigenvalue weighted by Gasteiger charge is 2.09. The molecule has 0 radical (unpaired) electrons. The number of benzene rings is 2. The first kappa shape index (κ1) is 17.3. The van der Waals surface area contributed by atoms with Crippen molar-refractivity contribution in [2.75, 3.05) is 5.43 Å². The zero-order chi connectivity index (χ0) is 18.6. The van der Waals surface area contributed by atoms with Crippen molar-refractivity contribution in [3.63, 3.8) is 0 Å². The van der Waals surface area contributed by atoms with E-state index in [2.05, 4.69) is 41.4 Å². The highest BCUT2D eigenvalue weighted by atomic mass is 79.9. The lowest BCUT2D eigenvalue weighted by atomic mass is 10.1. The summed E-state index contributed by atoms with van der Waals surface area (Å²) in [6.07, 6.45) is 3.49. The summed E-state index contributed by atoms with van der Waals surface area (Å²) in [7, 11) is 0. The molecule has 4 rings (SSSR count). The van der Waals surface area contributed by atoms with Gasteiger partial charge in [-0.15, -0.1) is 0 Å². The van der Waals surface area contributed by atoms with Crippen molar-refractivity contribution in [1.82, 2.24) is 15.0 Å². The van der Waals surface area contributed by atoms with Gasteiger partial charge in [-0.05, 0) is 48.9 Å². The van der Waals surface area contributed by atoms with Gasteiger partial charge in [0.1, 0.15) is 0 Å². The first-order chi connectivity index (χ1) is 13.2. The lowest BCUT2D eigenvalue weighted by Gasteiger charge is -2.09. The quantitative estimate of drug-likeness (QED) is 0.361. The fraction of sp³-hybridized carbons (Fsp3) is 0.0476. The van der Waals surface area contributed by atoms with E-state index in [1.165, 1.54) is 0 Å². The number of hydrogen-bond acceptors (Lipinski definition) is 5. The van der Waals surface area contributed by atoms with Gasteiger partial charge in [0, 0.05) is 27.8 Å². The number of fused-ring (bicyclic) bond motifs is 1. The van der Waals surface area contributed by atoms with Crippen LogP contribution in [0.2, 0.25) is 0 Å². The number of nitrogens with one attached hydrogen (secondary N) is 1. The van der Waals surface area contributed by atoms with Crippen molar-refractivity contribution in [1.29, 1.82) is 0 Å². The van der Waals surface area contributed by atoms with Gasteiger partial charge in [0.05, 0.1) is 11.2 Å². The number of aromatic nitrogens is 3. The molecule has 0 aliphatic rings. The Bertz CT molecular complexity index is 1110. The third-order valence-corrected chi connectivity index (χ3v) is 4.64. The summed E-state index contributed by atoms with van der Waals surface area (Å²) in [5.41, 5.74) is 6.74. The number of para-hydroxylation sites is 1. The highest BCUT2D eigenvalue weighted by Crippen LogP contribution is 2.24. The second kappa shape index (κ2) is 7.63. The summed E-state index contributed by atoms with van der Waals surface area (Å²) >= 11 is 3.45. The van der Waals surface area contributed by atoms with Crippen LogP contribution in [0, 0.1) is 0 Å². The second-order valence-electron chi connectivity index (χ2n) is 5.97. The van der Waals surface area contributed by atoms with Crippen molar-refractivity contribution < 1.29 is 0 Å². The molecule has 0 bridgehead atoms. The van der Waals surface area contributed by atoms with Crippen LogP contribution in [0.4, 0.5) is 5.82 Å². The van der Waals surface area contributed by atoms with Gasteiger partial charge in [0.2, 0.25) is 0 Å². The molecule has 4 aromatic rings. The van der Waals surface area contributed by atoms with Gasteiger partial charge >= 0.3 is 0 Å². The van der Waals surface area contributed by atoms with Crippen LogP contribution in [0.15, 0.2) is 82.6 Å². The number of pyridine rings is 1. The number of rotatable bonds is 4. The summed E-state index contributed by atoms with van der Waals surface area (Å²) < 4.78 is 1.04. The van der Waals surface area contributed by atoms with Gasteiger partial charge in [0.25, 0.3) is 0 Å². The van der Waals surface area contributed by atoms with Crippen LogP contribution in [-0.4, -0.2) is 20.7 Å². The van der Waals surface area contributed by atoms with E-state index < -0.39 is 0 Å². The lowest BCUT2D eigenvalue weighted by molar-refractivity contribution is 1.17. The Morgan fingerprint density at radius 2 is 1.78 bits per heavy atom. The summed E-state index contributed by atoms with van der Waals surface area (Å²) in [5, 5.41) is 5.44. The predicted molar refractivity (Wildman–Crippen MR) is 113 cm³/mol. The number of hydrogen-bond donors (Lipinski definition) is 1. The van der Waals surface area contributed by atoms with Crippen molar-refractivity contribution >= 4 is 38.4 Å². The van der Waals surface area contributed by atoms with Gasteiger partial charge in [0.15, 0.2) is 11.6 Å². The predicted octanol–water partition coefficient (Wildman–Crippen LogP) is 5.29. The molecule has 132 valence electrons. The minimum atomic E-state index is 0.612. The van der Waals surface area contributed by atoms with Gasteiger partial charge in [-0.3, -0.25) is 10.4 Å². The number of anilines is 1. The number of hydrazone groups is 1. The number of nitrogens with zero attached hydrogens (tertiary/aromatic N) is 4. The Hall–Kier alpha value is -3.12. The number of halogens is 1. The summed E-state index contributed by atoms with van der Waals surface area (Å²) in [6.45, 7) is 1.96. The minimum absolute atomic E-state index is 0.612. The van der Waals surface area contributed by atoms with E-state index in [1.807, 2.05) is 67.6 Å². The van der Waals surface area contributed by atoms with Crippen LogP contribution >= 0.6 is 15.9 Å². The van der Waals surface area contributed by atoms with E-state index in [0.29, 0.717) is 11.6 Å². The van der Waals surface area contributed by atoms with E-state index in [-0.39, 0.29) is 0 Å². The molecule has 0 aliphatic heterocycles. The van der Waals surface area contributed by atoms with E-state index >= 15 is 0 Å². The van der Waals surface area contributed by atoms with Gasteiger partial charge < -0.3 is 0 Å². The average Bonchev–Trinajstić information content (AvgIpc) is 2.72. The monoisotopic (exact) mass is 417 g/mol. The molecule has 0 aliphatic carbocycles. The van der Waals surface area contributed by atoms with Crippen molar-refractivity contribution in [3.05, 3.63) is 83.1 Å². The Kier molecular flexibility index (Phi) is 4.89. The molecular weight excluding hydrogens is 402 g/mol. The zero-order valence-corrected chi connectivity index (χ0v) is 16.2. The normalized spacial score (nSPS) is 11.6. The molecule has 0 saturated carbocycles. The fourth-order valence-electron chi connectivity index (χ4n) is 2.68. The Balaban J connectivity index is 1.74. The van der Waals surface area contributed by atoms with Gasteiger partial charge in [-0.25, -0.2) is 9.97 Å². The Labute approximate surface area is 165 Å². The summed E-state index contributed by atoms with van der Waals surface area (Å²) in [6, 6.07) is 19.7. The highest BCUT2D eigenvalue weighted by molar-refractivity contribution is 9.10. The van der Waals surface area contributed by atoms with E-state index in [9.17, 15) is 0 Å². The largest absolute Gasteiger partial charge is 0.264 e. The van der Waals surface area contributed by atoms with Crippen LogP contribution in [0.3, 0.4) is 0 Å². The molecular formula is C21H16BrN5.